The van der Waals surface area contributed by atoms with E-state index < -0.39 is 0 Å². The number of pyridine rings is 1. The smallest absolute Gasteiger partial charge is 0.185 e. The van der Waals surface area contributed by atoms with Crippen molar-refractivity contribution < 1.29 is 4.79 Å². The maximum absolute atomic E-state index is 12.9. The SMILES string of the molecule is O=C(c1ccccn1)[C@H]1C2C=CC(C2)C1c1ccccc1. The summed E-state index contributed by atoms with van der Waals surface area (Å²) in [4.78, 5) is 17.2. The summed E-state index contributed by atoms with van der Waals surface area (Å²) in [5, 5.41) is 0. The number of ketones is 1. The molecule has 2 aromatic rings. The van der Waals surface area contributed by atoms with Gasteiger partial charge in [0.25, 0.3) is 0 Å². The molecule has 0 radical (unpaired) electrons. The summed E-state index contributed by atoms with van der Waals surface area (Å²) in [6.45, 7) is 0. The number of Topliss-reactive ketones (excluding diaryl/α,β-unsaturated/α-hetero) is 1. The minimum absolute atomic E-state index is 0.0392. The van der Waals surface area contributed by atoms with Crippen LogP contribution in [0.25, 0.3) is 0 Å². The van der Waals surface area contributed by atoms with Crippen molar-refractivity contribution in [2.24, 2.45) is 17.8 Å². The summed E-state index contributed by atoms with van der Waals surface area (Å²) in [5.74, 6) is 1.40. The van der Waals surface area contributed by atoms with Crippen LogP contribution in [0.2, 0.25) is 0 Å². The van der Waals surface area contributed by atoms with Gasteiger partial charge in [0, 0.05) is 18.0 Å². The Morgan fingerprint density at radius 1 is 0.952 bits per heavy atom. The predicted octanol–water partition coefficient (Wildman–Crippen LogP) is 3.87. The van der Waals surface area contributed by atoms with Crippen LogP contribution in [-0.2, 0) is 0 Å². The Kier molecular flexibility index (Phi) is 2.95. The van der Waals surface area contributed by atoms with Crippen LogP contribution in [0.1, 0.15) is 28.4 Å². The lowest BCUT2D eigenvalue weighted by molar-refractivity contribution is 0.0881. The molecule has 3 unspecified atom stereocenters. The number of carbonyl (C=O) groups is 1. The highest BCUT2D eigenvalue weighted by Crippen LogP contribution is 2.53. The van der Waals surface area contributed by atoms with Gasteiger partial charge in [-0.1, -0.05) is 48.6 Å². The number of allylic oxidation sites excluding steroid dienone is 2. The van der Waals surface area contributed by atoms with Gasteiger partial charge < -0.3 is 0 Å². The van der Waals surface area contributed by atoms with Gasteiger partial charge in [-0.25, -0.2) is 0 Å². The molecule has 0 spiro atoms. The van der Waals surface area contributed by atoms with Gasteiger partial charge in [0.05, 0.1) is 0 Å². The molecular weight excluding hydrogens is 258 g/mol. The fraction of sp³-hybridized carbons (Fsp3) is 0.263. The Morgan fingerprint density at radius 3 is 2.48 bits per heavy atom. The van der Waals surface area contributed by atoms with Crippen LogP contribution in [0, 0.1) is 17.8 Å². The predicted molar refractivity (Wildman–Crippen MR) is 82.0 cm³/mol. The van der Waals surface area contributed by atoms with Crippen molar-refractivity contribution in [3.8, 4) is 0 Å². The Labute approximate surface area is 124 Å². The highest BCUT2D eigenvalue weighted by Gasteiger charge is 2.48. The number of fused-ring (bicyclic) bond motifs is 2. The summed E-state index contributed by atoms with van der Waals surface area (Å²) in [6, 6.07) is 16.0. The van der Waals surface area contributed by atoms with E-state index in [2.05, 4.69) is 41.4 Å². The Bertz CT molecular complexity index is 677. The van der Waals surface area contributed by atoms with E-state index in [1.165, 1.54) is 5.56 Å². The minimum atomic E-state index is 0.0392. The molecule has 0 saturated heterocycles. The molecule has 2 aliphatic rings. The first kappa shape index (κ1) is 12.5. The van der Waals surface area contributed by atoms with Gasteiger partial charge in [-0.15, -0.1) is 0 Å². The van der Waals surface area contributed by atoms with Crippen molar-refractivity contribution in [1.29, 1.82) is 0 Å². The number of hydrogen-bond acceptors (Lipinski definition) is 2. The van der Waals surface area contributed by atoms with Crippen LogP contribution in [0.15, 0.2) is 66.9 Å². The second kappa shape index (κ2) is 4.96. The molecule has 1 saturated carbocycles. The number of nitrogens with zero attached hydrogens (tertiary/aromatic N) is 1. The fourth-order valence-corrected chi connectivity index (χ4v) is 3.99. The van der Waals surface area contributed by atoms with Gasteiger partial charge in [-0.05, 0) is 36.0 Å². The number of rotatable bonds is 3. The molecule has 21 heavy (non-hydrogen) atoms. The molecule has 0 N–H and O–H groups in total. The van der Waals surface area contributed by atoms with E-state index in [0.717, 1.165) is 6.42 Å². The average molecular weight is 275 g/mol. The second-order valence-corrected chi connectivity index (χ2v) is 5.99. The van der Waals surface area contributed by atoms with Crippen LogP contribution in [0.3, 0.4) is 0 Å². The van der Waals surface area contributed by atoms with Crippen molar-refractivity contribution in [2.45, 2.75) is 12.3 Å². The molecule has 0 aliphatic heterocycles. The molecule has 1 aromatic heterocycles. The van der Waals surface area contributed by atoms with Crippen LogP contribution in [-0.4, -0.2) is 10.8 Å². The number of carbonyl (C=O) groups excluding carboxylic acids is 1. The van der Waals surface area contributed by atoms with Crippen molar-refractivity contribution in [2.75, 3.05) is 0 Å². The summed E-state index contributed by atoms with van der Waals surface area (Å²) < 4.78 is 0. The standard InChI is InChI=1S/C19H17NO/c21-19(16-8-4-5-11-20-16)18-15-10-9-14(12-15)17(18)13-6-2-1-3-7-13/h1-11,14-15,17-18H,12H2/t14?,15?,17?,18-/m0/s1. The van der Waals surface area contributed by atoms with Crippen molar-refractivity contribution in [3.63, 3.8) is 0 Å². The normalized spacial score (nSPS) is 29.7. The lowest BCUT2D eigenvalue weighted by Crippen LogP contribution is -2.27. The third-order valence-electron chi connectivity index (χ3n) is 4.86. The van der Waals surface area contributed by atoms with Crippen molar-refractivity contribution in [3.05, 3.63) is 78.1 Å². The molecule has 0 amide bonds. The zero-order valence-electron chi connectivity index (χ0n) is 11.7. The van der Waals surface area contributed by atoms with Gasteiger partial charge in [-0.3, -0.25) is 9.78 Å². The molecule has 4 rings (SSSR count). The lowest BCUT2D eigenvalue weighted by Gasteiger charge is -2.27. The molecule has 1 fully saturated rings. The average Bonchev–Trinajstić information content (AvgIpc) is 3.17. The molecule has 2 aliphatic carbocycles. The van der Waals surface area contributed by atoms with E-state index in [0.29, 0.717) is 23.4 Å². The largest absolute Gasteiger partial charge is 0.292 e. The highest BCUT2D eigenvalue weighted by atomic mass is 16.1. The molecule has 104 valence electrons. The van der Waals surface area contributed by atoms with Crippen LogP contribution in [0.5, 0.6) is 0 Å². The number of hydrogen-bond donors (Lipinski definition) is 0. The summed E-state index contributed by atoms with van der Waals surface area (Å²) >= 11 is 0. The Morgan fingerprint density at radius 2 is 1.71 bits per heavy atom. The molecule has 2 nitrogen and oxygen atoms in total. The topological polar surface area (TPSA) is 30.0 Å². The Hall–Kier alpha value is -2.22. The first-order chi connectivity index (χ1) is 10.3. The number of benzene rings is 1. The van der Waals surface area contributed by atoms with Crippen LogP contribution < -0.4 is 0 Å². The van der Waals surface area contributed by atoms with Crippen molar-refractivity contribution >= 4 is 5.78 Å². The van der Waals surface area contributed by atoms with Gasteiger partial charge in [0.15, 0.2) is 5.78 Å². The Balaban J connectivity index is 1.73. The van der Waals surface area contributed by atoms with Gasteiger partial charge >= 0.3 is 0 Å². The quantitative estimate of drug-likeness (QED) is 0.628. The van der Waals surface area contributed by atoms with Gasteiger partial charge in [0.2, 0.25) is 0 Å². The first-order valence-corrected chi connectivity index (χ1v) is 7.53. The fourth-order valence-electron chi connectivity index (χ4n) is 3.99. The molecule has 2 heteroatoms. The zero-order valence-corrected chi connectivity index (χ0v) is 11.7. The maximum atomic E-state index is 12.9. The molecule has 4 atom stereocenters. The van der Waals surface area contributed by atoms with E-state index in [9.17, 15) is 4.79 Å². The van der Waals surface area contributed by atoms with Crippen molar-refractivity contribution in [1.82, 2.24) is 4.98 Å². The van der Waals surface area contributed by atoms with E-state index in [-0.39, 0.29) is 11.7 Å². The van der Waals surface area contributed by atoms with Gasteiger partial charge in [-0.2, -0.15) is 0 Å². The lowest BCUT2D eigenvalue weighted by atomic mass is 9.75. The van der Waals surface area contributed by atoms with E-state index in [1.54, 1.807) is 6.20 Å². The van der Waals surface area contributed by atoms with Gasteiger partial charge in [0.1, 0.15) is 5.69 Å². The summed E-state index contributed by atoms with van der Waals surface area (Å²) in [7, 11) is 0. The molecular formula is C19H17NO. The van der Waals surface area contributed by atoms with E-state index in [1.807, 2.05) is 24.3 Å². The molecule has 2 bridgehead atoms. The minimum Gasteiger partial charge on any atom is -0.292 e. The highest BCUT2D eigenvalue weighted by molar-refractivity contribution is 5.97. The summed E-state index contributed by atoms with van der Waals surface area (Å²) in [5.41, 5.74) is 1.88. The maximum Gasteiger partial charge on any atom is 0.185 e. The molecule has 1 heterocycles. The van der Waals surface area contributed by atoms with Crippen LogP contribution in [0.4, 0.5) is 0 Å². The second-order valence-electron chi connectivity index (χ2n) is 5.99. The third-order valence-corrected chi connectivity index (χ3v) is 4.86. The van der Waals surface area contributed by atoms with E-state index >= 15 is 0 Å². The third kappa shape index (κ3) is 2.02. The number of aromatic nitrogens is 1. The molecule has 1 aromatic carbocycles. The summed E-state index contributed by atoms with van der Waals surface area (Å²) in [6.07, 6.45) is 7.33. The monoisotopic (exact) mass is 275 g/mol. The zero-order chi connectivity index (χ0) is 14.2. The van der Waals surface area contributed by atoms with Crippen LogP contribution >= 0.6 is 0 Å². The first-order valence-electron chi connectivity index (χ1n) is 7.53. The van der Waals surface area contributed by atoms with E-state index in [4.69, 9.17) is 0 Å².